The maximum atomic E-state index is 12.4. The first kappa shape index (κ1) is 21.4. The first-order valence-corrected chi connectivity index (χ1v) is 10.1. The lowest BCUT2D eigenvalue weighted by Crippen LogP contribution is -2.42. The molecule has 0 bridgehead atoms. The van der Waals surface area contributed by atoms with E-state index in [1.165, 1.54) is 0 Å². The third-order valence-corrected chi connectivity index (χ3v) is 5.64. The second-order valence-electron chi connectivity index (χ2n) is 7.19. The van der Waals surface area contributed by atoms with Crippen LogP contribution in [0.3, 0.4) is 0 Å². The summed E-state index contributed by atoms with van der Waals surface area (Å²) in [6.07, 6.45) is 0.294. The standard InChI is InChI=1S/C21H23Cl2N3O3/c1-3-18(20(27)28)24-21(29)25-19-7-5-4-6-13(19)15-10-26(2)11-16-14(15)8-12(22)9-17(16)23/h4-9,15,18H,3,10-11H2,1-2H3,(H,27,28)(H2,24,25,29)/t15-,18?/m0/s1. The molecule has 0 aliphatic carbocycles. The number of amides is 2. The Labute approximate surface area is 179 Å². The Hall–Kier alpha value is -2.28. The molecule has 8 heteroatoms. The summed E-state index contributed by atoms with van der Waals surface area (Å²) in [5.74, 6) is -1.11. The number of nitrogens with zero attached hydrogens (tertiary/aromatic N) is 1. The van der Waals surface area contributed by atoms with Crippen LogP contribution in [0.1, 0.15) is 36.0 Å². The number of hydrogen-bond donors (Lipinski definition) is 3. The van der Waals surface area contributed by atoms with Crippen LogP contribution in [0.15, 0.2) is 36.4 Å². The molecule has 1 aliphatic heterocycles. The zero-order chi connectivity index (χ0) is 21.1. The number of carbonyl (C=O) groups is 2. The largest absolute Gasteiger partial charge is 0.480 e. The number of fused-ring (bicyclic) bond motifs is 1. The lowest BCUT2D eigenvalue weighted by Gasteiger charge is -2.34. The summed E-state index contributed by atoms with van der Waals surface area (Å²) in [7, 11) is 2.02. The molecule has 0 aromatic heterocycles. The zero-order valence-corrected chi connectivity index (χ0v) is 17.7. The van der Waals surface area contributed by atoms with Crippen molar-refractivity contribution < 1.29 is 14.7 Å². The molecular formula is C21H23Cl2N3O3. The molecule has 3 rings (SSSR count). The number of likely N-dealkylation sites (N-methyl/N-ethyl adjacent to an activating group) is 1. The number of rotatable bonds is 5. The number of nitrogens with one attached hydrogen (secondary N) is 2. The lowest BCUT2D eigenvalue weighted by atomic mass is 9.84. The van der Waals surface area contributed by atoms with Gasteiger partial charge in [-0.3, -0.25) is 0 Å². The second-order valence-corrected chi connectivity index (χ2v) is 8.03. The number of hydrogen-bond acceptors (Lipinski definition) is 3. The number of anilines is 1. The van der Waals surface area contributed by atoms with Crippen LogP contribution in [0, 0.1) is 0 Å². The topological polar surface area (TPSA) is 81.7 Å². The number of carbonyl (C=O) groups excluding carboxylic acids is 1. The monoisotopic (exact) mass is 435 g/mol. The van der Waals surface area contributed by atoms with Crippen LogP contribution in [0.5, 0.6) is 0 Å². The van der Waals surface area contributed by atoms with E-state index in [2.05, 4.69) is 15.5 Å². The summed E-state index contributed by atoms with van der Waals surface area (Å²) in [4.78, 5) is 25.8. The van der Waals surface area contributed by atoms with E-state index in [4.69, 9.17) is 28.3 Å². The van der Waals surface area contributed by atoms with E-state index in [9.17, 15) is 9.59 Å². The van der Waals surface area contributed by atoms with Gasteiger partial charge in [-0.15, -0.1) is 0 Å². The summed E-state index contributed by atoms with van der Waals surface area (Å²) in [6, 6.07) is 9.66. The van der Waals surface area contributed by atoms with Crippen LogP contribution >= 0.6 is 23.2 Å². The Balaban J connectivity index is 1.94. The van der Waals surface area contributed by atoms with Gasteiger partial charge in [0.15, 0.2) is 0 Å². The van der Waals surface area contributed by atoms with Gasteiger partial charge >= 0.3 is 12.0 Å². The number of halogens is 2. The molecule has 0 saturated carbocycles. The van der Waals surface area contributed by atoms with Crippen molar-refractivity contribution in [1.82, 2.24) is 10.2 Å². The van der Waals surface area contributed by atoms with Gasteiger partial charge in [-0.1, -0.05) is 48.3 Å². The Bertz CT molecular complexity index is 935. The van der Waals surface area contributed by atoms with Crippen molar-refractivity contribution in [2.24, 2.45) is 0 Å². The highest BCUT2D eigenvalue weighted by molar-refractivity contribution is 6.35. The molecule has 2 atom stereocenters. The molecule has 0 radical (unpaired) electrons. The number of urea groups is 1. The maximum absolute atomic E-state index is 12.4. The fraction of sp³-hybridized carbons (Fsp3) is 0.333. The smallest absolute Gasteiger partial charge is 0.326 e. The van der Waals surface area contributed by atoms with Gasteiger partial charge in [-0.05, 0) is 48.4 Å². The molecule has 1 aliphatic rings. The second kappa shape index (κ2) is 9.03. The minimum absolute atomic E-state index is 0.0436. The quantitative estimate of drug-likeness (QED) is 0.642. The van der Waals surface area contributed by atoms with E-state index in [1.807, 2.05) is 31.3 Å². The summed E-state index contributed by atoms with van der Waals surface area (Å²) in [6.45, 7) is 3.15. The van der Waals surface area contributed by atoms with Crippen LogP contribution in [0.25, 0.3) is 0 Å². The molecule has 1 heterocycles. The molecule has 154 valence electrons. The highest BCUT2D eigenvalue weighted by atomic mass is 35.5. The molecule has 2 aromatic carbocycles. The molecule has 2 amide bonds. The van der Waals surface area contributed by atoms with Gasteiger partial charge in [0, 0.05) is 34.7 Å². The summed E-state index contributed by atoms with van der Waals surface area (Å²) >= 11 is 12.7. The van der Waals surface area contributed by atoms with Gasteiger partial charge in [0.2, 0.25) is 0 Å². The van der Waals surface area contributed by atoms with Gasteiger partial charge in [0.1, 0.15) is 6.04 Å². The molecule has 6 nitrogen and oxygen atoms in total. The van der Waals surface area contributed by atoms with Crippen molar-refractivity contribution in [2.45, 2.75) is 31.8 Å². The lowest BCUT2D eigenvalue weighted by molar-refractivity contribution is -0.139. The van der Waals surface area contributed by atoms with Crippen molar-refractivity contribution in [2.75, 3.05) is 18.9 Å². The van der Waals surface area contributed by atoms with Crippen LogP contribution < -0.4 is 10.6 Å². The molecule has 29 heavy (non-hydrogen) atoms. The SMILES string of the molecule is CCC(NC(=O)Nc1ccccc1[C@@H]1CN(C)Cc2c(Cl)cc(Cl)cc21)C(=O)O. The first-order valence-electron chi connectivity index (χ1n) is 9.35. The van der Waals surface area contributed by atoms with Gasteiger partial charge in [-0.25, -0.2) is 9.59 Å². The fourth-order valence-electron chi connectivity index (χ4n) is 3.68. The van der Waals surface area contributed by atoms with E-state index in [0.717, 1.165) is 23.2 Å². The van der Waals surface area contributed by atoms with Crippen LogP contribution in [0.2, 0.25) is 10.0 Å². The Morgan fingerprint density at radius 2 is 1.97 bits per heavy atom. The van der Waals surface area contributed by atoms with Gasteiger partial charge in [0.05, 0.1) is 0 Å². The van der Waals surface area contributed by atoms with Crippen molar-refractivity contribution >= 4 is 40.9 Å². The molecule has 3 N–H and O–H groups in total. The Kier molecular flexibility index (Phi) is 6.67. The molecule has 0 fully saturated rings. The number of carboxylic acids is 1. The van der Waals surface area contributed by atoms with Crippen molar-refractivity contribution in [3.05, 3.63) is 63.1 Å². The van der Waals surface area contributed by atoms with E-state index in [-0.39, 0.29) is 5.92 Å². The summed E-state index contributed by atoms with van der Waals surface area (Å²) in [5.41, 5.74) is 3.59. The maximum Gasteiger partial charge on any atom is 0.326 e. The van der Waals surface area contributed by atoms with Crippen molar-refractivity contribution in [3.8, 4) is 0 Å². The predicted molar refractivity (Wildman–Crippen MR) is 115 cm³/mol. The van der Waals surface area contributed by atoms with Gasteiger partial charge < -0.3 is 20.6 Å². The number of aliphatic carboxylic acids is 1. The number of carboxylic acid groups (broad SMARTS) is 1. The van der Waals surface area contributed by atoms with E-state index >= 15 is 0 Å². The minimum atomic E-state index is -1.07. The molecule has 1 unspecified atom stereocenters. The van der Waals surface area contributed by atoms with E-state index < -0.39 is 18.0 Å². The van der Waals surface area contributed by atoms with Gasteiger partial charge in [0.25, 0.3) is 0 Å². The first-order chi connectivity index (χ1) is 13.8. The number of para-hydroxylation sites is 1. The normalized spacial score (nSPS) is 17.3. The third kappa shape index (κ3) is 4.83. The fourth-order valence-corrected chi connectivity index (χ4v) is 4.25. The average Bonchev–Trinajstić information content (AvgIpc) is 2.66. The molecule has 2 aromatic rings. The molecular weight excluding hydrogens is 413 g/mol. The summed E-state index contributed by atoms with van der Waals surface area (Å²) < 4.78 is 0. The molecule has 0 spiro atoms. The van der Waals surface area contributed by atoms with E-state index in [0.29, 0.717) is 28.7 Å². The van der Waals surface area contributed by atoms with Crippen molar-refractivity contribution in [3.63, 3.8) is 0 Å². The van der Waals surface area contributed by atoms with Crippen LogP contribution in [-0.4, -0.2) is 41.6 Å². The minimum Gasteiger partial charge on any atom is -0.480 e. The van der Waals surface area contributed by atoms with E-state index in [1.54, 1.807) is 19.1 Å². The number of benzene rings is 2. The van der Waals surface area contributed by atoms with Crippen LogP contribution in [0.4, 0.5) is 10.5 Å². The third-order valence-electron chi connectivity index (χ3n) is 5.09. The zero-order valence-electron chi connectivity index (χ0n) is 16.2. The Morgan fingerprint density at radius 1 is 1.24 bits per heavy atom. The molecule has 0 saturated heterocycles. The highest BCUT2D eigenvalue weighted by Crippen LogP contribution is 2.40. The van der Waals surface area contributed by atoms with Crippen LogP contribution in [-0.2, 0) is 11.3 Å². The summed E-state index contributed by atoms with van der Waals surface area (Å²) in [5, 5.41) is 15.7. The Morgan fingerprint density at radius 3 is 2.66 bits per heavy atom. The van der Waals surface area contributed by atoms with Crippen molar-refractivity contribution in [1.29, 1.82) is 0 Å². The highest BCUT2D eigenvalue weighted by Gasteiger charge is 2.29. The predicted octanol–water partition coefficient (Wildman–Crippen LogP) is 4.56. The average molecular weight is 436 g/mol. The van der Waals surface area contributed by atoms with Gasteiger partial charge in [-0.2, -0.15) is 0 Å².